The zero-order chi connectivity index (χ0) is 11.4. The highest BCUT2D eigenvalue weighted by molar-refractivity contribution is 5.98. The molecule has 15 heavy (non-hydrogen) atoms. The number of pyridine rings is 1. The van der Waals surface area contributed by atoms with Crippen LogP contribution < -0.4 is 5.73 Å². The summed E-state index contributed by atoms with van der Waals surface area (Å²) in [6.45, 7) is 1.90. The van der Waals surface area contributed by atoms with Gasteiger partial charge >= 0.3 is 5.97 Å². The number of nitrogens with zero attached hydrogens (tertiary/aromatic N) is 1. The van der Waals surface area contributed by atoms with E-state index in [1.807, 2.05) is 6.92 Å². The molecule has 0 unspecified atom stereocenters. The van der Waals surface area contributed by atoms with E-state index in [0.717, 1.165) is 6.42 Å². The molecule has 0 aliphatic carbocycles. The molecule has 0 aliphatic rings. The molecule has 1 heterocycles. The maximum absolute atomic E-state index is 11.1. The Labute approximate surface area is 86.9 Å². The van der Waals surface area contributed by atoms with Gasteiger partial charge < -0.3 is 10.8 Å². The molecule has 0 saturated heterocycles. The van der Waals surface area contributed by atoms with Crippen LogP contribution in [0.25, 0.3) is 0 Å². The van der Waals surface area contributed by atoms with Gasteiger partial charge in [-0.3, -0.25) is 9.78 Å². The molecule has 80 valence electrons. The van der Waals surface area contributed by atoms with Crippen molar-refractivity contribution in [1.82, 2.24) is 4.98 Å². The number of carbonyl (C=O) groups excluding carboxylic acids is 1. The minimum absolute atomic E-state index is 0.0492. The summed E-state index contributed by atoms with van der Waals surface area (Å²) < 4.78 is 0. The third-order valence-corrected chi connectivity index (χ3v) is 2.05. The minimum atomic E-state index is -1.09. The fourth-order valence-electron chi connectivity index (χ4n) is 1.40. The number of aromatic nitrogens is 1. The summed E-state index contributed by atoms with van der Waals surface area (Å²) in [5.41, 5.74) is 5.85. The van der Waals surface area contributed by atoms with Crippen molar-refractivity contribution in [1.29, 1.82) is 0 Å². The van der Waals surface area contributed by atoms with Gasteiger partial charge in [-0.1, -0.05) is 13.3 Å². The molecule has 0 saturated carbocycles. The molecule has 0 bridgehead atoms. The van der Waals surface area contributed by atoms with Gasteiger partial charge in [-0.05, 0) is 12.0 Å². The molecule has 1 aromatic rings. The Hall–Kier alpha value is -1.91. The van der Waals surface area contributed by atoms with Crippen LogP contribution in [0, 0.1) is 0 Å². The van der Waals surface area contributed by atoms with Gasteiger partial charge in [-0.2, -0.15) is 0 Å². The van der Waals surface area contributed by atoms with Crippen molar-refractivity contribution in [3.05, 3.63) is 29.1 Å². The highest BCUT2D eigenvalue weighted by Crippen LogP contribution is 2.15. The van der Waals surface area contributed by atoms with Crippen LogP contribution >= 0.6 is 0 Å². The lowest BCUT2D eigenvalue weighted by molar-refractivity contribution is 0.0695. The molecule has 5 nitrogen and oxygen atoms in total. The lowest BCUT2D eigenvalue weighted by Crippen LogP contribution is -2.17. The van der Waals surface area contributed by atoms with Gasteiger partial charge in [0.25, 0.3) is 5.91 Å². The van der Waals surface area contributed by atoms with Gasteiger partial charge in [0.1, 0.15) is 0 Å². The molecule has 5 heteroatoms. The number of rotatable bonds is 4. The number of aromatic carboxylic acids is 1. The number of hydrogen-bond acceptors (Lipinski definition) is 3. The average molecular weight is 208 g/mol. The SMILES string of the molecule is CCCc1c(C(N)=O)cncc1C(=O)O. The van der Waals surface area contributed by atoms with Crippen molar-refractivity contribution >= 4 is 11.9 Å². The van der Waals surface area contributed by atoms with Crippen LogP contribution in [0.15, 0.2) is 12.4 Å². The van der Waals surface area contributed by atoms with Crippen LogP contribution in [0.4, 0.5) is 0 Å². The lowest BCUT2D eigenvalue weighted by atomic mass is 10.00. The highest BCUT2D eigenvalue weighted by atomic mass is 16.4. The zero-order valence-electron chi connectivity index (χ0n) is 8.36. The molecular formula is C10H12N2O3. The van der Waals surface area contributed by atoms with Crippen molar-refractivity contribution in [2.45, 2.75) is 19.8 Å². The second-order valence-corrected chi connectivity index (χ2v) is 3.13. The Morgan fingerprint density at radius 2 is 2.00 bits per heavy atom. The van der Waals surface area contributed by atoms with Crippen molar-refractivity contribution in [3.63, 3.8) is 0 Å². The van der Waals surface area contributed by atoms with E-state index in [2.05, 4.69) is 4.98 Å². The van der Waals surface area contributed by atoms with Crippen molar-refractivity contribution in [2.75, 3.05) is 0 Å². The van der Waals surface area contributed by atoms with E-state index in [-0.39, 0.29) is 11.1 Å². The molecule has 0 spiro atoms. The van der Waals surface area contributed by atoms with E-state index in [9.17, 15) is 9.59 Å². The third-order valence-electron chi connectivity index (χ3n) is 2.05. The van der Waals surface area contributed by atoms with Gasteiger partial charge in [0.15, 0.2) is 0 Å². The summed E-state index contributed by atoms with van der Waals surface area (Å²) >= 11 is 0. The van der Waals surface area contributed by atoms with Crippen LogP contribution in [0.1, 0.15) is 39.6 Å². The average Bonchev–Trinajstić information content (AvgIpc) is 2.17. The summed E-state index contributed by atoms with van der Waals surface area (Å²) in [5, 5.41) is 8.91. The van der Waals surface area contributed by atoms with Crippen LogP contribution in [0.3, 0.4) is 0 Å². The van der Waals surface area contributed by atoms with Gasteiger partial charge in [0.05, 0.1) is 11.1 Å². The van der Waals surface area contributed by atoms with Crippen molar-refractivity contribution in [2.24, 2.45) is 5.73 Å². The molecule has 1 aromatic heterocycles. The number of primary amides is 1. The second-order valence-electron chi connectivity index (χ2n) is 3.13. The van der Waals surface area contributed by atoms with E-state index in [0.29, 0.717) is 12.0 Å². The Kier molecular flexibility index (Phi) is 3.38. The predicted octanol–water partition coefficient (Wildman–Crippen LogP) is 0.831. The Balaban J connectivity index is 3.34. The second kappa shape index (κ2) is 4.54. The van der Waals surface area contributed by atoms with E-state index in [1.54, 1.807) is 0 Å². The first-order valence-corrected chi connectivity index (χ1v) is 4.57. The van der Waals surface area contributed by atoms with E-state index >= 15 is 0 Å². The molecule has 0 atom stereocenters. The van der Waals surface area contributed by atoms with Crippen LogP contribution in [-0.2, 0) is 6.42 Å². The number of nitrogens with two attached hydrogens (primary N) is 1. The summed E-state index contributed by atoms with van der Waals surface area (Å²) in [6.07, 6.45) is 3.78. The van der Waals surface area contributed by atoms with E-state index < -0.39 is 11.9 Å². The highest BCUT2D eigenvalue weighted by Gasteiger charge is 2.16. The Bertz CT molecular complexity index is 369. The Morgan fingerprint density at radius 1 is 1.40 bits per heavy atom. The summed E-state index contributed by atoms with van der Waals surface area (Å²) in [7, 11) is 0. The summed E-state index contributed by atoms with van der Waals surface area (Å²) in [5.74, 6) is -1.73. The summed E-state index contributed by atoms with van der Waals surface area (Å²) in [4.78, 5) is 25.6. The van der Waals surface area contributed by atoms with Gasteiger partial charge in [0.2, 0.25) is 0 Å². The Morgan fingerprint density at radius 3 is 2.47 bits per heavy atom. The quantitative estimate of drug-likeness (QED) is 0.766. The minimum Gasteiger partial charge on any atom is -0.478 e. The number of amides is 1. The van der Waals surface area contributed by atoms with Gasteiger partial charge in [0, 0.05) is 12.4 Å². The fourth-order valence-corrected chi connectivity index (χ4v) is 1.40. The van der Waals surface area contributed by atoms with Crippen LogP contribution in [0.2, 0.25) is 0 Å². The maximum atomic E-state index is 11.1. The molecule has 1 rings (SSSR count). The summed E-state index contributed by atoms with van der Waals surface area (Å²) in [6, 6.07) is 0. The number of carbonyl (C=O) groups is 2. The normalized spacial score (nSPS) is 9.93. The van der Waals surface area contributed by atoms with E-state index in [1.165, 1.54) is 12.4 Å². The van der Waals surface area contributed by atoms with E-state index in [4.69, 9.17) is 10.8 Å². The number of carboxylic acid groups (broad SMARTS) is 1. The first kappa shape index (κ1) is 11.2. The van der Waals surface area contributed by atoms with Crippen molar-refractivity contribution < 1.29 is 14.7 Å². The molecule has 0 aromatic carbocycles. The third kappa shape index (κ3) is 2.31. The first-order valence-electron chi connectivity index (χ1n) is 4.57. The maximum Gasteiger partial charge on any atom is 0.337 e. The monoisotopic (exact) mass is 208 g/mol. The first-order chi connectivity index (χ1) is 7.07. The van der Waals surface area contributed by atoms with Crippen LogP contribution in [0.5, 0.6) is 0 Å². The molecule has 0 aliphatic heterocycles. The fraction of sp³-hybridized carbons (Fsp3) is 0.300. The molecule has 1 amide bonds. The topological polar surface area (TPSA) is 93.3 Å². The smallest absolute Gasteiger partial charge is 0.337 e. The van der Waals surface area contributed by atoms with Gasteiger partial charge in [-0.15, -0.1) is 0 Å². The molecule has 0 fully saturated rings. The standard InChI is InChI=1S/C10H12N2O3/c1-2-3-6-7(9(11)13)4-12-5-8(6)10(14)15/h4-5H,2-3H2,1H3,(H2,11,13)(H,14,15). The predicted molar refractivity (Wildman–Crippen MR) is 53.7 cm³/mol. The number of hydrogen-bond donors (Lipinski definition) is 2. The van der Waals surface area contributed by atoms with Crippen molar-refractivity contribution in [3.8, 4) is 0 Å². The van der Waals surface area contributed by atoms with Crippen LogP contribution in [-0.4, -0.2) is 22.0 Å². The molecule has 0 radical (unpaired) electrons. The number of carboxylic acids is 1. The molecule has 3 N–H and O–H groups in total. The van der Waals surface area contributed by atoms with Gasteiger partial charge in [-0.25, -0.2) is 4.79 Å². The molecular weight excluding hydrogens is 196 g/mol. The lowest BCUT2D eigenvalue weighted by Gasteiger charge is -2.07. The largest absolute Gasteiger partial charge is 0.478 e. The zero-order valence-corrected chi connectivity index (χ0v) is 8.36.